The van der Waals surface area contributed by atoms with Gasteiger partial charge in [-0.3, -0.25) is 4.90 Å². The minimum Gasteiger partial charge on any atom is -0.423 e. The minimum absolute atomic E-state index is 0.350. The molecule has 0 radical (unpaired) electrons. The van der Waals surface area contributed by atoms with Crippen molar-refractivity contribution >= 4 is 18.7 Å². The van der Waals surface area contributed by atoms with Crippen LogP contribution >= 0.6 is 0 Å². The summed E-state index contributed by atoms with van der Waals surface area (Å²) >= 11 is 0. The summed E-state index contributed by atoms with van der Waals surface area (Å²) < 4.78 is 5.29. The number of amides is 1. The minimum atomic E-state index is -1.53. The summed E-state index contributed by atoms with van der Waals surface area (Å²) in [5, 5.41) is 18.0. The molecule has 3 rings (SSSR count). The SMILES string of the molecule is O=C(Oc1ccc(B(O)O)cc1)N1Cc2ccccc2C1. The molecular weight excluding hydrogens is 269 g/mol. The summed E-state index contributed by atoms with van der Waals surface area (Å²) in [5.74, 6) is 0.375. The van der Waals surface area contributed by atoms with Crippen molar-refractivity contribution in [2.45, 2.75) is 13.1 Å². The first-order chi connectivity index (χ1) is 10.1. The van der Waals surface area contributed by atoms with Crippen LogP contribution in [0, 0.1) is 0 Å². The number of benzene rings is 2. The maximum absolute atomic E-state index is 12.1. The van der Waals surface area contributed by atoms with E-state index in [1.165, 1.54) is 24.3 Å². The monoisotopic (exact) mass is 283 g/mol. The van der Waals surface area contributed by atoms with Gasteiger partial charge in [0.2, 0.25) is 0 Å². The quantitative estimate of drug-likeness (QED) is 0.803. The molecule has 1 amide bonds. The highest BCUT2D eigenvalue weighted by atomic mass is 16.6. The fourth-order valence-corrected chi connectivity index (χ4v) is 2.34. The van der Waals surface area contributed by atoms with E-state index in [9.17, 15) is 4.79 Å². The topological polar surface area (TPSA) is 70.0 Å². The van der Waals surface area contributed by atoms with E-state index in [2.05, 4.69) is 0 Å². The predicted molar refractivity (Wildman–Crippen MR) is 78.0 cm³/mol. The zero-order chi connectivity index (χ0) is 14.8. The van der Waals surface area contributed by atoms with Crippen LogP contribution in [0.25, 0.3) is 0 Å². The Bertz CT molecular complexity index is 632. The molecule has 0 bridgehead atoms. The Morgan fingerprint density at radius 2 is 1.57 bits per heavy atom. The highest BCUT2D eigenvalue weighted by Gasteiger charge is 2.24. The fourth-order valence-electron chi connectivity index (χ4n) is 2.34. The Morgan fingerprint density at radius 3 is 2.10 bits per heavy atom. The zero-order valence-electron chi connectivity index (χ0n) is 11.3. The van der Waals surface area contributed by atoms with E-state index >= 15 is 0 Å². The molecule has 0 saturated carbocycles. The Labute approximate surface area is 122 Å². The lowest BCUT2D eigenvalue weighted by Gasteiger charge is -2.15. The standard InChI is InChI=1S/C15H14BNO4/c18-15(17-9-11-3-1-2-4-12(11)10-17)21-14-7-5-13(6-8-14)16(19)20/h1-8,19-20H,9-10H2. The normalized spacial score (nSPS) is 13.0. The number of nitrogens with zero attached hydrogens (tertiary/aromatic N) is 1. The van der Waals surface area contributed by atoms with Gasteiger partial charge in [0.1, 0.15) is 5.75 Å². The Hall–Kier alpha value is -2.31. The first-order valence-corrected chi connectivity index (χ1v) is 6.63. The molecule has 21 heavy (non-hydrogen) atoms. The average molecular weight is 283 g/mol. The number of hydrogen-bond donors (Lipinski definition) is 2. The van der Waals surface area contributed by atoms with E-state index in [0.717, 1.165) is 11.1 Å². The van der Waals surface area contributed by atoms with Gasteiger partial charge in [-0.05, 0) is 28.7 Å². The molecule has 1 heterocycles. The summed E-state index contributed by atoms with van der Waals surface area (Å²) in [6, 6.07) is 14.0. The summed E-state index contributed by atoms with van der Waals surface area (Å²) in [6.45, 7) is 1.09. The molecule has 6 heteroatoms. The van der Waals surface area contributed by atoms with Crippen LogP contribution in [0.4, 0.5) is 4.79 Å². The van der Waals surface area contributed by atoms with Crippen LogP contribution in [-0.4, -0.2) is 28.2 Å². The van der Waals surface area contributed by atoms with Crippen LogP contribution in [0.3, 0.4) is 0 Å². The average Bonchev–Trinajstić information content (AvgIpc) is 2.92. The smallest absolute Gasteiger partial charge is 0.423 e. The van der Waals surface area contributed by atoms with Gasteiger partial charge in [0.15, 0.2) is 0 Å². The molecule has 0 spiro atoms. The third-order valence-corrected chi connectivity index (χ3v) is 3.48. The molecule has 0 fully saturated rings. The molecule has 106 valence electrons. The van der Waals surface area contributed by atoms with Crippen molar-refractivity contribution in [2.24, 2.45) is 0 Å². The third-order valence-electron chi connectivity index (χ3n) is 3.48. The van der Waals surface area contributed by atoms with Gasteiger partial charge in [-0.2, -0.15) is 0 Å². The number of carbonyl (C=O) groups is 1. The van der Waals surface area contributed by atoms with E-state index in [4.69, 9.17) is 14.8 Å². The van der Waals surface area contributed by atoms with Gasteiger partial charge in [0.05, 0.1) is 0 Å². The van der Waals surface area contributed by atoms with Gasteiger partial charge in [0, 0.05) is 13.1 Å². The molecule has 1 aliphatic rings. The maximum atomic E-state index is 12.1. The van der Waals surface area contributed by atoms with Gasteiger partial charge in [-0.15, -0.1) is 0 Å². The zero-order valence-corrected chi connectivity index (χ0v) is 11.3. The van der Waals surface area contributed by atoms with Crippen molar-refractivity contribution in [1.29, 1.82) is 0 Å². The lowest BCUT2D eigenvalue weighted by atomic mass is 9.80. The summed E-state index contributed by atoms with van der Waals surface area (Å²) in [7, 11) is -1.53. The molecule has 1 aliphatic heterocycles. The number of carbonyl (C=O) groups excluding carboxylic acids is 1. The molecule has 5 nitrogen and oxygen atoms in total. The van der Waals surface area contributed by atoms with Crippen LogP contribution in [0.5, 0.6) is 5.75 Å². The van der Waals surface area contributed by atoms with Crippen molar-refractivity contribution in [3.8, 4) is 5.75 Å². The third kappa shape index (κ3) is 2.91. The van der Waals surface area contributed by atoms with Crippen LogP contribution in [0.1, 0.15) is 11.1 Å². The molecule has 2 aromatic rings. The second-order valence-corrected chi connectivity index (χ2v) is 4.94. The number of hydrogen-bond acceptors (Lipinski definition) is 4. The lowest BCUT2D eigenvalue weighted by molar-refractivity contribution is 0.152. The fraction of sp³-hybridized carbons (Fsp3) is 0.133. The van der Waals surface area contributed by atoms with Gasteiger partial charge >= 0.3 is 13.2 Å². The maximum Gasteiger partial charge on any atom is 0.488 e. The van der Waals surface area contributed by atoms with Crippen molar-refractivity contribution in [1.82, 2.24) is 4.90 Å². The number of ether oxygens (including phenoxy) is 1. The highest BCUT2D eigenvalue weighted by Crippen LogP contribution is 2.23. The molecule has 0 aliphatic carbocycles. The molecule has 2 N–H and O–H groups in total. The number of rotatable bonds is 2. The van der Waals surface area contributed by atoms with Gasteiger partial charge < -0.3 is 14.8 Å². The van der Waals surface area contributed by atoms with Crippen molar-refractivity contribution < 1.29 is 19.6 Å². The van der Waals surface area contributed by atoms with Gasteiger partial charge in [-0.1, -0.05) is 36.4 Å². The predicted octanol–water partition coefficient (Wildman–Crippen LogP) is 0.881. The summed E-state index contributed by atoms with van der Waals surface area (Å²) in [6.07, 6.45) is -0.413. The second kappa shape index (κ2) is 5.59. The Morgan fingerprint density at radius 1 is 1.00 bits per heavy atom. The highest BCUT2D eigenvalue weighted by molar-refractivity contribution is 6.58. The van der Waals surface area contributed by atoms with E-state index < -0.39 is 13.2 Å². The molecule has 2 aromatic carbocycles. The largest absolute Gasteiger partial charge is 0.488 e. The van der Waals surface area contributed by atoms with E-state index in [1.807, 2.05) is 24.3 Å². The first-order valence-electron chi connectivity index (χ1n) is 6.63. The van der Waals surface area contributed by atoms with Crippen molar-refractivity contribution in [3.05, 3.63) is 59.7 Å². The Balaban J connectivity index is 1.65. The lowest BCUT2D eigenvalue weighted by Crippen LogP contribution is -2.30. The van der Waals surface area contributed by atoms with E-state index in [1.54, 1.807) is 4.90 Å². The number of fused-ring (bicyclic) bond motifs is 1. The van der Waals surface area contributed by atoms with Crippen LogP contribution in [0.15, 0.2) is 48.5 Å². The van der Waals surface area contributed by atoms with Gasteiger partial charge in [-0.25, -0.2) is 4.79 Å². The van der Waals surface area contributed by atoms with E-state index in [-0.39, 0.29) is 0 Å². The van der Waals surface area contributed by atoms with E-state index in [0.29, 0.717) is 24.3 Å². The Kier molecular flexibility index (Phi) is 3.64. The summed E-state index contributed by atoms with van der Waals surface area (Å²) in [4.78, 5) is 13.7. The van der Waals surface area contributed by atoms with Crippen LogP contribution in [0.2, 0.25) is 0 Å². The van der Waals surface area contributed by atoms with Crippen LogP contribution in [-0.2, 0) is 13.1 Å². The molecule has 0 saturated heterocycles. The van der Waals surface area contributed by atoms with Crippen molar-refractivity contribution in [2.75, 3.05) is 0 Å². The summed E-state index contributed by atoms with van der Waals surface area (Å²) in [5.41, 5.74) is 2.62. The molecule has 0 aromatic heterocycles. The second-order valence-electron chi connectivity index (χ2n) is 4.94. The van der Waals surface area contributed by atoms with Gasteiger partial charge in [0.25, 0.3) is 0 Å². The molecular formula is C15H14BNO4. The molecule has 0 atom stereocenters. The van der Waals surface area contributed by atoms with Crippen molar-refractivity contribution in [3.63, 3.8) is 0 Å². The van der Waals surface area contributed by atoms with Crippen LogP contribution < -0.4 is 10.2 Å². The molecule has 0 unspecified atom stereocenters. The first kappa shape index (κ1) is 13.7.